The van der Waals surface area contributed by atoms with Crippen LogP contribution in [0.4, 0.5) is 10.1 Å². The van der Waals surface area contributed by atoms with Gasteiger partial charge in [-0.15, -0.1) is 24.0 Å². The standard InChI is InChI=1S/C19H24FN3O3.HI/c1-5-26-18-11-14(7-9-17(18)25-4)23-19(21-2)22-12-13-6-8-16(24-3)15(20)10-13;/h6-11H,5,12H2,1-4H3,(H2,21,22,23);1H. The highest BCUT2D eigenvalue weighted by Crippen LogP contribution is 2.30. The largest absolute Gasteiger partial charge is 0.494 e. The van der Waals surface area contributed by atoms with Gasteiger partial charge in [0.25, 0.3) is 0 Å². The maximum absolute atomic E-state index is 13.8. The topological polar surface area (TPSA) is 64.1 Å². The van der Waals surface area contributed by atoms with Crippen molar-refractivity contribution in [2.75, 3.05) is 33.2 Å². The van der Waals surface area contributed by atoms with Gasteiger partial charge in [-0.2, -0.15) is 0 Å². The van der Waals surface area contributed by atoms with E-state index in [-0.39, 0.29) is 29.7 Å². The molecule has 2 aromatic carbocycles. The molecule has 148 valence electrons. The Morgan fingerprint density at radius 1 is 1.04 bits per heavy atom. The van der Waals surface area contributed by atoms with Crippen LogP contribution in [0.3, 0.4) is 0 Å². The molecule has 0 radical (unpaired) electrons. The third kappa shape index (κ3) is 6.46. The number of aliphatic imine (C=N–C) groups is 1. The van der Waals surface area contributed by atoms with Crippen LogP contribution in [0.15, 0.2) is 41.4 Å². The summed E-state index contributed by atoms with van der Waals surface area (Å²) in [6.45, 7) is 2.86. The van der Waals surface area contributed by atoms with Crippen LogP contribution in [0.1, 0.15) is 12.5 Å². The van der Waals surface area contributed by atoms with E-state index in [1.165, 1.54) is 13.2 Å². The number of ether oxygens (including phenoxy) is 3. The van der Waals surface area contributed by atoms with E-state index in [4.69, 9.17) is 14.2 Å². The van der Waals surface area contributed by atoms with Gasteiger partial charge in [0.15, 0.2) is 29.0 Å². The Morgan fingerprint density at radius 2 is 1.74 bits per heavy atom. The van der Waals surface area contributed by atoms with Crippen LogP contribution in [0, 0.1) is 5.82 Å². The molecular weight excluding hydrogens is 464 g/mol. The monoisotopic (exact) mass is 489 g/mol. The second-order valence-electron chi connectivity index (χ2n) is 5.32. The van der Waals surface area contributed by atoms with Crippen LogP contribution in [-0.4, -0.2) is 33.8 Å². The summed E-state index contributed by atoms with van der Waals surface area (Å²) in [5, 5.41) is 6.31. The Kier molecular flexibility index (Phi) is 9.70. The molecule has 0 amide bonds. The van der Waals surface area contributed by atoms with Crippen molar-refractivity contribution in [3.63, 3.8) is 0 Å². The fourth-order valence-corrected chi connectivity index (χ4v) is 2.34. The molecule has 2 rings (SSSR count). The van der Waals surface area contributed by atoms with Gasteiger partial charge in [-0.1, -0.05) is 6.07 Å². The van der Waals surface area contributed by atoms with E-state index in [1.54, 1.807) is 26.3 Å². The van der Waals surface area contributed by atoms with E-state index in [1.807, 2.05) is 25.1 Å². The molecule has 0 saturated heterocycles. The average Bonchev–Trinajstić information content (AvgIpc) is 2.65. The van der Waals surface area contributed by atoms with E-state index in [9.17, 15) is 4.39 Å². The molecule has 0 atom stereocenters. The van der Waals surface area contributed by atoms with Crippen molar-refractivity contribution in [2.24, 2.45) is 4.99 Å². The quantitative estimate of drug-likeness (QED) is 0.349. The van der Waals surface area contributed by atoms with Gasteiger partial charge in [-0.25, -0.2) is 4.39 Å². The number of benzene rings is 2. The summed E-state index contributed by atoms with van der Waals surface area (Å²) < 4.78 is 29.5. The molecule has 0 saturated carbocycles. The van der Waals surface area contributed by atoms with E-state index >= 15 is 0 Å². The SMILES string of the molecule is CCOc1cc(NC(=NC)NCc2ccc(OC)c(F)c2)ccc1OC.I. The van der Waals surface area contributed by atoms with Crippen LogP contribution in [0.25, 0.3) is 0 Å². The zero-order chi connectivity index (χ0) is 18.9. The van der Waals surface area contributed by atoms with Crippen molar-refractivity contribution in [1.29, 1.82) is 0 Å². The second-order valence-corrected chi connectivity index (χ2v) is 5.32. The molecule has 8 heteroatoms. The lowest BCUT2D eigenvalue weighted by Crippen LogP contribution is -2.30. The maximum atomic E-state index is 13.8. The summed E-state index contributed by atoms with van der Waals surface area (Å²) in [7, 11) is 4.70. The molecule has 0 unspecified atom stereocenters. The van der Waals surface area contributed by atoms with Gasteiger partial charge < -0.3 is 24.8 Å². The van der Waals surface area contributed by atoms with Crippen molar-refractivity contribution >= 4 is 35.6 Å². The minimum Gasteiger partial charge on any atom is -0.494 e. The Bertz CT molecular complexity index is 772. The first-order chi connectivity index (χ1) is 12.6. The van der Waals surface area contributed by atoms with E-state index in [0.29, 0.717) is 30.6 Å². The van der Waals surface area contributed by atoms with Crippen LogP contribution in [0.2, 0.25) is 0 Å². The summed E-state index contributed by atoms with van der Waals surface area (Å²) >= 11 is 0. The maximum Gasteiger partial charge on any atom is 0.195 e. The smallest absolute Gasteiger partial charge is 0.195 e. The van der Waals surface area contributed by atoms with Gasteiger partial charge >= 0.3 is 0 Å². The summed E-state index contributed by atoms with van der Waals surface area (Å²) in [5.74, 6) is 1.68. The third-order valence-corrected chi connectivity index (χ3v) is 3.63. The molecule has 2 N–H and O–H groups in total. The Morgan fingerprint density at radius 3 is 2.33 bits per heavy atom. The van der Waals surface area contributed by atoms with Crippen LogP contribution >= 0.6 is 24.0 Å². The highest BCUT2D eigenvalue weighted by Gasteiger charge is 2.08. The van der Waals surface area contributed by atoms with Gasteiger partial charge in [0.05, 0.1) is 20.8 Å². The molecule has 27 heavy (non-hydrogen) atoms. The normalized spacial score (nSPS) is 10.6. The molecule has 0 heterocycles. The highest BCUT2D eigenvalue weighted by molar-refractivity contribution is 14.0. The number of halogens is 2. The number of nitrogens with one attached hydrogen (secondary N) is 2. The predicted molar refractivity (Wildman–Crippen MR) is 116 cm³/mol. The van der Waals surface area contributed by atoms with Gasteiger partial charge in [0.2, 0.25) is 0 Å². The minimum atomic E-state index is -0.397. The Hall–Kier alpha value is -2.23. The summed E-state index contributed by atoms with van der Waals surface area (Å²) in [5.41, 5.74) is 1.57. The minimum absolute atomic E-state index is 0. The number of hydrogen-bond donors (Lipinski definition) is 2. The summed E-state index contributed by atoms with van der Waals surface area (Å²) in [4.78, 5) is 4.18. The van der Waals surface area contributed by atoms with Crippen molar-refractivity contribution in [3.05, 3.63) is 47.8 Å². The molecule has 0 aromatic heterocycles. The summed E-state index contributed by atoms with van der Waals surface area (Å²) in [6, 6.07) is 10.3. The fourth-order valence-electron chi connectivity index (χ4n) is 2.34. The number of nitrogens with zero attached hydrogens (tertiary/aromatic N) is 1. The zero-order valence-corrected chi connectivity index (χ0v) is 18.2. The first-order valence-electron chi connectivity index (χ1n) is 8.22. The zero-order valence-electron chi connectivity index (χ0n) is 15.8. The first-order valence-corrected chi connectivity index (χ1v) is 8.22. The van der Waals surface area contributed by atoms with Crippen molar-refractivity contribution in [3.8, 4) is 17.2 Å². The van der Waals surface area contributed by atoms with Crippen LogP contribution < -0.4 is 24.8 Å². The fraction of sp³-hybridized carbons (Fsp3) is 0.316. The molecule has 6 nitrogen and oxygen atoms in total. The number of guanidine groups is 1. The molecular formula is C19H25FIN3O3. The lowest BCUT2D eigenvalue weighted by molar-refractivity contribution is 0.311. The van der Waals surface area contributed by atoms with E-state index in [0.717, 1.165) is 11.3 Å². The third-order valence-electron chi connectivity index (χ3n) is 3.63. The predicted octanol–water partition coefficient (Wildman–Crippen LogP) is 4.05. The van der Waals surface area contributed by atoms with Crippen LogP contribution in [0.5, 0.6) is 17.2 Å². The summed E-state index contributed by atoms with van der Waals surface area (Å²) in [6.07, 6.45) is 0. The first kappa shape index (κ1) is 22.8. The highest BCUT2D eigenvalue weighted by atomic mass is 127. The lowest BCUT2D eigenvalue weighted by Gasteiger charge is -2.15. The van der Waals surface area contributed by atoms with Crippen molar-refractivity contribution in [2.45, 2.75) is 13.5 Å². The molecule has 0 fully saturated rings. The molecule has 0 aliphatic carbocycles. The van der Waals surface area contributed by atoms with Crippen LogP contribution in [-0.2, 0) is 6.54 Å². The number of hydrogen-bond acceptors (Lipinski definition) is 4. The van der Waals surface area contributed by atoms with Crippen molar-refractivity contribution < 1.29 is 18.6 Å². The van der Waals surface area contributed by atoms with Crippen molar-refractivity contribution in [1.82, 2.24) is 5.32 Å². The Labute approximate surface area is 176 Å². The van der Waals surface area contributed by atoms with E-state index < -0.39 is 5.82 Å². The lowest BCUT2D eigenvalue weighted by atomic mass is 10.2. The molecule has 0 aliphatic heterocycles. The number of rotatable bonds is 7. The Balaban J connectivity index is 0.00000364. The number of methoxy groups -OCH3 is 2. The molecule has 2 aromatic rings. The molecule has 0 bridgehead atoms. The van der Waals surface area contributed by atoms with Gasteiger partial charge in [0, 0.05) is 25.3 Å². The average molecular weight is 489 g/mol. The number of anilines is 1. The molecule has 0 aliphatic rings. The van der Waals surface area contributed by atoms with Gasteiger partial charge in [-0.05, 0) is 36.8 Å². The van der Waals surface area contributed by atoms with Gasteiger partial charge in [0.1, 0.15) is 0 Å². The molecule has 0 spiro atoms. The van der Waals surface area contributed by atoms with E-state index in [2.05, 4.69) is 15.6 Å². The second kappa shape index (κ2) is 11.5. The van der Waals surface area contributed by atoms with Gasteiger partial charge in [-0.3, -0.25) is 4.99 Å².